The van der Waals surface area contributed by atoms with E-state index in [-0.39, 0.29) is 0 Å². The molecule has 0 fully saturated rings. The number of nitrogens with two attached hydrogens (primary N) is 1. The van der Waals surface area contributed by atoms with Gasteiger partial charge in [-0.05, 0) is 50.2 Å². The summed E-state index contributed by atoms with van der Waals surface area (Å²) in [6.45, 7) is 10.8. The van der Waals surface area contributed by atoms with Gasteiger partial charge in [-0.3, -0.25) is 0 Å². The van der Waals surface area contributed by atoms with Crippen LogP contribution in [0.2, 0.25) is 0 Å². The van der Waals surface area contributed by atoms with E-state index in [1.54, 1.807) is 24.3 Å². The molecule has 0 saturated heterocycles. The molecule has 1 heterocycles. The highest BCUT2D eigenvalue weighted by Crippen LogP contribution is 2.40. The number of nitrogen functional groups attached to an aromatic ring is 1. The lowest BCUT2D eigenvalue weighted by molar-refractivity contribution is -0.00157. The first-order valence-electron chi connectivity index (χ1n) is 10.6. The molecule has 3 rings (SSSR count). The zero-order chi connectivity index (χ0) is 23.5. The monoisotopic (exact) mass is 441 g/mol. The Bertz CT molecular complexity index is 1080. The average molecular weight is 442 g/mol. The van der Waals surface area contributed by atoms with Crippen molar-refractivity contribution >= 4 is 22.9 Å². The van der Waals surface area contributed by atoms with Gasteiger partial charge in [-0.25, -0.2) is 9.78 Å². The van der Waals surface area contributed by atoms with Gasteiger partial charge in [0.15, 0.2) is 11.9 Å². The highest BCUT2D eigenvalue weighted by Gasteiger charge is 2.35. The van der Waals surface area contributed by atoms with Crippen molar-refractivity contribution in [3.8, 4) is 17.2 Å². The topological polar surface area (TPSA) is 97.8 Å². The minimum Gasteiger partial charge on any atom is -0.492 e. The number of fused-ring (bicyclic) bond motifs is 1. The van der Waals surface area contributed by atoms with Gasteiger partial charge in [-0.2, -0.15) is 0 Å². The van der Waals surface area contributed by atoms with Gasteiger partial charge in [0.05, 0.1) is 13.2 Å². The van der Waals surface area contributed by atoms with Gasteiger partial charge in [0.25, 0.3) is 0 Å². The first-order chi connectivity index (χ1) is 15.2. The average Bonchev–Trinajstić information content (AvgIpc) is 3.07. The van der Waals surface area contributed by atoms with E-state index in [0.717, 1.165) is 5.52 Å². The number of carbonyl (C=O) groups excluding carboxylic acids is 1. The lowest BCUT2D eigenvalue weighted by Crippen LogP contribution is -2.28. The molecule has 3 aromatic rings. The zero-order valence-electron chi connectivity index (χ0n) is 19.5. The smallest absolute Gasteiger partial charge is 0.492 e. The maximum atomic E-state index is 12.6. The quantitative estimate of drug-likeness (QED) is 0.303. The Morgan fingerprint density at radius 3 is 2.22 bits per heavy atom. The second-order valence-corrected chi connectivity index (χ2v) is 8.44. The van der Waals surface area contributed by atoms with Gasteiger partial charge in [0, 0.05) is 18.2 Å². The van der Waals surface area contributed by atoms with E-state index < -0.39 is 17.7 Å². The van der Waals surface area contributed by atoms with Crippen LogP contribution in [0, 0.1) is 5.41 Å². The van der Waals surface area contributed by atoms with Crippen molar-refractivity contribution in [1.29, 1.82) is 0 Å². The highest BCUT2D eigenvalue weighted by molar-refractivity contribution is 5.88. The molecule has 0 unspecified atom stereocenters. The molecular formula is C24H31N3O5. The molecule has 172 valence electrons. The number of aromatic nitrogens is 2. The molecule has 0 radical (unpaired) electrons. The summed E-state index contributed by atoms with van der Waals surface area (Å²) in [5.41, 5.74) is 7.23. The van der Waals surface area contributed by atoms with Crippen molar-refractivity contribution in [2.45, 2.75) is 40.7 Å². The fourth-order valence-corrected chi connectivity index (χ4v) is 3.43. The summed E-state index contributed by atoms with van der Waals surface area (Å²) in [7, 11) is 1.87. The predicted molar refractivity (Wildman–Crippen MR) is 123 cm³/mol. The molecule has 0 bridgehead atoms. The Morgan fingerprint density at radius 2 is 1.62 bits per heavy atom. The van der Waals surface area contributed by atoms with Crippen LogP contribution >= 0.6 is 0 Å². The Labute approximate surface area is 188 Å². The summed E-state index contributed by atoms with van der Waals surface area (Å²) in [5.74, 6) is 2.24. The van der Waals surface area contributed by atoms with Crippen molar-refractivity contribution in [2.75, 3.05) is 18.9 Å². The first-order valence-corrected chi connectivity index (χ1v) is 10.6. The van der Waals surface area contributed by atoms with E-state index in [1.807, 2.05) is 58.4 Å². The Hall–Kier alpha value is -3.42. The lowest BCUT2D eigenvalue weighted by atomic mass is 9.88. The number of hydrogen-bond acceptors (Lipinski definition) is 7. The normalized spacial score (nSPS) is 12.4. The van der Waals surface area contributed by atoms with Gasteiger partial charge in [0.2, 0.25) is 0 Å². The minimum absolute atomic E-state index is 0.346. The van der Waals surface area contributed by atoms with Crippen LogP contribution in [0.5, 0.6) is 17.2 Å². The van der Waals surface area contributed by atoms with E-state index in [4.69, 9.17) is 29.7 Å². The summed E-state index contributed by atoms with van der Waals surface area (Å²) >= 11 is 0. The molecule has 0 aliphatic carbocycles. The SMILES string of the molecule is CCOc1ccc(OCC)c2c1nc([C@H](OC(=O)Oc1ccc(N)cc1)C(C)(C)C)n2C. The minimum atomic E-state index is -0.822. The van der Waals surface area contributed by atoms with Crippen LogP contribution in [0.25, 0.3) is 11.0 Å². The van der Waals surface area contributed by atoms with Gasteiger partial charge in [-0.15, -0.1) is 0 Å². The van der Waals surface area contributed by atoms with Crippen molar-refractivity contribution < 1.29 is 23.7 Å². The van der Waals surface area contributed by atoms with Gasteiger partial charge in [-0.1, -0.05) is 20.8 Å². The molecule has 1 atom stereocenters. The maximum absolute atomic E-state index is 12.6. The largest absolute Gasteiger partial charge is 0.514 e. The molecular weight excluding hydrogens is 410 g/mol. The summed E-state index contributed by atoms with van der Waals surface area (Å²) in [6.07, 6.45) is -1.51. The number of imidazole rings is 1. The van der Waals surface area contributed by atoms with Crippen LogP contribution in [-0.2, 0) is 11.8 Å². The molecule has 32 heavy (non-hydrogen) atoms. The fourth-order valence-electron chi connectivity index (χ4n) is 3.43. The summed E-state index contributed by atoms with van der Waals surface area (Å²) in [5, 5.41) is 0. The molecule has 2 aromatic carbocycles. The van der Waals surface area contributed by atoms with E-state index in [0.29, 0.717) is 47.5 Å². The Balaban J connectivity index is 2.01. The Kier molecular flexibility index (Phi) is 6.81. The molecule has 1 aromatic heterocycles. The number of aryl methyl sites for hydroxylation is 1. The van der Waals surface area contributed by atoms with Crippen molar-refractivity contribution in [3.05, 3.63) is 42.2 Å². The molecule has 0 aliphatic heterocycles. The number of benzene rings is 2. The standard InChI is InChI=1S/C24H31N3O5/c1-7-29-17-13-14-18(30-8-2)20-19(17)26-22(27(20)6)21(24(3,4)5)32-23(28)31-16-11-9-15(25)10-12-16/h9-14,21H,7-8,25H2,1-6H3/t21-/m0/s1. The number of anilines is 1. The van der Waals surface area contributed by atoms with Crippen LogP contribution < -0.4 is 19.9 Å². The van der Waals surface area contributed by atoms with Gasteiger partial charge >= 0.3 is 6.16 Å². The molecule has 0 aliphatic rings. The third-order valence-electron chi connectivity index (χ3n) is 4.90. The number of ether oxygens (including phenoxy) is 4. The molecule has 0 amide bonds. The predicted octanol–water partition coefficient (Wildman–Crippen LogP) is 5.26. The molecule has 8 heteroatoms. The van der Waals surface area contributed by atoms with Crippen LogP contribution in [0.1, 0.15) is 46.5 Å². The molecule has 8 nitrogen and oxygen atoms in total. The van der Waals surface area contributed by atoms with Crippen LogP contribution in [-0.4, -0.2) is 28.9 Å². The number of rotatable bonds is 7. The van der Waals surface area contributed by atoms with E-state index >= 15 is 0 Å². The van der Waals surface area contributed by atoms with Crippen molar-refractivity contribution in [3.63, 3.8) is 0 Å². The van der Waals surface area contributed by atoms with Crippen LogP contribution in [0.3, 0.4) is 0 Å². The van der Waals surface area contributed by atoms with Crippen molar-refractivity contribution in [2.24, 2.45) is 12.5 Å². The Morgan fingerprint density at radius 1 is 1.03 bits per heavy atom. The van der Waals surface area contributed by atoms with Crippen molar-refractivity contribution in [1.82, 2.24) is 9.55 Å². The summed E-state index contributed by atoms with van der Waals surface area (Å²) in [6, 6.07) is 10.2. The van der Waals surface area contributed by atoms with E-state index in [9.17, 15) is 4.79 Å². The summed E-state index contributed by atoms with van der Waals surface area (Å²) in [4.78, 5) is 17.5. The van der Waals surface area contributed by atoms with Gasteiger partial charge < -0.3 is 29.2 Å². The third kappa shape index (κ3) is 4.90. The highest BCUT2D eigenvalue weighted by atomic mass is 16.7. The lowest BCUT2D eigenvalue weighted by Gasteiger charge is -2.29. The number of hydrogen-bond donors (Lipinski definition) is 1. The molecule has 0 saturated carbocycles. The van der Waals surface area contributed by atoms with Crippen LogP contribution in [0.4, 0.5) is 10.5 Å². The first kappa shape index (κ1) is 23.2. The second-order valence-electron chi connectivity index (χ2n) is 8.44. The molecule has 2 N–H and O–H groups in total. The third-order valence-corrected chi connectivity index (χ3v) is 4.90. The maximum Gasteiger partial charge on any atom is 0.514 e. The number of carbonyl (C=O) groups is 1. The van der Waals surface area contributed by atoms with E-state index in [1.165, 1.54) is 0 Å². The zero-order valence-corrected chi connectivity index (χ0v) is 19.5. The fraction of sp³-hybridized carbons (Fsp3) is 0.417. The van der Waals surface area contributed by atoms with E-state index in [2.05, 4.69) is 0 Å². The van der Waals surface area contributed by atoms with Crippen LogP contribution in [0.15, 0.2) is 36.4 Å². The van der Waals surface area contributed by atoms with Gasteiger partial charge in [0.1, 0.15) is 28.3 Å². The number of nitrogens with zero attached hydrogens (tertiary/aromatic N) is 2. The second kappa shape index (κ2) is 9.38. The molecule has 0 spiro atoms. The summed E-state index contributed by atoms with van der Waals surface area (Å²) < 4.78 is 24.6.